The van der Waals surface area contributed by atoms with Crippen molar-refractivity contribution in [1.82, 2.24) is 9.97 Å². The van der Waals surface area contributed by atoms with E-state index in [1.54, 1.807) is 24.7 Å². The number of nitrogens with zero attached hydrogens (tertiary/aromatic N) is 2. The summed E-state index contributed by atoms with van der Waals surface area (Å²) in [6.07, 6.45) is 6.46. The van der Waals surface area contributed by atoms with Gasteiger partial charge in [-0.05, 0) is 52.9 Å². The van der Waals surface area contributed by atoms with Crippen LogP contribution in [0.3, 0.4) is 0 Å². The van der Waals surface area contributed by atoms with Crippen LogP contribution in [0.4, 0.5) is 0 Å². The van der Waals surface area contributed by atoms with Crippen LogP contribution in [-0.2, 0) is 9.84 Å². The zero-order chi connectivity index (χ0) is 21.3. The summed E-state index contributed by atoms with van der Waals surface area (Å²) in [5, 5.41) is 1.62. The Labute approximate surface area is 181 Å². The van der Waals surface area contributed by atoms with Gasteiger partial charge in [0.1, 0.15) is 9.84 Å². The molecule has 0 saturated carbocycles. The van der Waals surface area contributed by atoms with E-state index in [0.717, 1.165) is 38.7 Å². The molecule has 6 heteroatoms. The van der Waals surface area contributed by atoms with Crippen LogP contribution >= 0.6 is 11.6 Å². The van der Waals surface area contributed by atoms with Crippen molar-refractivity contribution in [2.24, 2.45) is 0 Å². The predicted molar refractivity (Wildman–Crippen MR) is 124 cm³/mol. The monoisotopic (exact) mass is 436 g/mol. The third-order valence-corrected chi connectivity index (χ3v) is 6.54. The minimum Gasteiger partial charge on any atom is -0.264 e. The lowest BCUT2D eigenvalue weighted by Crippen LogP contribution is -2.10. The van der Waals surface area contributed by atoms with Gasteiger partial charge < -0.3 is 0 Å². The largest absolute Gasteiger partial charge is 0.264 e. The summed E-state index contributed by atoms with van der Waals surface area (Å²) in [6.45, 7) is 1.94. The highest BCUT2D eigenvalue weighted by atomic mass is 35.5. The van der Waals surface area contributed by atoms with Crippen molar-refractivity contribution in [3.05, 3.63) is 83.8 Å². The molecule has 2 heterocycles. The molecule has 1 atom stereocenters. The molecule has 0 radical (unpaired) electrons. The molecule has 0 saturated heterocycles. The van der Waals surface area contributed by atoms with Gasteiger partial charge in [-0.2, -0.15) is 0 Å². The molecule has 0 spiro atoms. The number of hydrogen-bond acceptors (Lipinski definition) is 4. The van der Waals surface area contributed by atoms with Gasteiger partial charge in [-0.3, -0.25) is 9.97 Å². The van der Waals surface area contributed by atoms with Crippen molar-refractivity contribution >= 4 is 32.3 Å². The van der Waals surface area contributed by atoms with Gasteiger partial charge in [0, 0.05) is 41.4 Å². The Morgan fingerprint density at radius 2 is 1.73 bits per heavy atom. The van der Waals surface area contributed by atoms with Gasteiger partial charge in [0.2, 0.25) is 0 Å². The summed E-state index contributed by atoms with van der Waals surface area (Å²) < 4.78 is 23.7. The maximum absolute atomic E-state index is 11.8. The van der Waals surface area contributed by atoms with Gasteiger partial charge in [-0.25, -0.2) is 8.42 Å². The first-order chi connectivity index (χ1) is 14.3. The van der Waals surface area contributed by atoms with Crippen LogP contribution in [0.2, 0.25) is 5.02 Å². The van der Waals surface area contributed by atoms with Gasteiger partial charge in [0.05, 0.1) is 16.3 Å². The van der Waals surface area contributed by atoms with E-state index in [1.807, 2.05) is 43.3 Å². The van der Waals surface area contributed by atoms with Gasteiger partial charge >= 0.3 is 0 Å². The summed E-state index contributed by atoms with van der Waals surface area (Å²) in [7, 11) is -3.09. The van der Waals surface area contributed by atoms with Crippen molar-refractivity contribution in [2.75, 3.05) is 12.0 Å². The molecule has 0 aliphatic heterocycles. The lowest BCUT2D eigenvalue weighted by Gasteiger charge is -2.15. The number of pyridine rings is 2. The first-order valence-electron chi connectivity index (χ1n) is 9.58. The Bertz CT molecular complexity index is 1340. The van der Waals surface area contributed by atoms with Crippen molar-refractivity contribution < 1.29 is 8.42 Å². The molecule has 2 aromatic carbocycles. The number of rotatable bonds is 5. The molecule has 152 valence electrons. The molecule has 4 nitrogen and oxygen atoms in total. The Morgan fingerprint density at radius 1 is 0.967 bits per heavy atom. The van der Waals surface area contributed by atoms with Gasteiger partial charge in [-0.1, -0.05) is 42.8 Å². The average Bonchev–Trinajstić information content (AvgIpc) is 2.72. The number of hydrogen-bond donors (Lipinski definition) is 0. The summed E-state index contributed by atoms with van der Waals surface area (Å²) >= 11 is 6.37. The van der Waals surface area contributed by atoms with E-state index in [9.17, 15) is 8.42 Å². The highest BCUT2D eigenvalue weighted by Crippen LogP contribution is 2.35. The van der Waals surface area contributed by atoms with Crippen LogP contribution < -0.4 is 0 Å². The molecular weight excluding hydrogens is 416 g/mol. The van der Waals surface area contributed by atoms with Crippen LogP contribution in [0.1, 0.15) is 18.4 Å². The zero-order valence-electron chi connectivity index (χ0n) is 16.7. The first-order valence-corrected chi connectivity index (χ1v) is 12.0. The summed E-state index contributed by atoms with van der Waals surface area (Å²) in [5.74, 6) is -0.0249. The van der Waals surface area contributed by atoms with Crippen LogP contribution in [0.5, 0.6) is 0 Å². The second kappa shape index (κ2) is 8.17. The molecule has 0 aliphatic rings. The lowest BCUT2D eigenvalue weighted by atomic mass is 9.93. The molecular formula is C24H21ClN2O2S. The highest BCUT2D eigenvalue weighted by Gasteiger charge is 2.16. The average molecular weight is 437 g/mol. The van der Waals surface area contributed by atoms with E-state index in [0.29, 0.717) is 5.02 Å². The van der Waals surface area contributed by atoms with Gasteiger partial charge in [0.15, 0.2) is 0 Å². The van der Waals surface area contributed by atoms with Crippen molar-refractivity contribution in [1.29, 1.82) is 0 Å². The summed E-state index contributed by atoms with van der Waals surface area (Å²) in [4.78, 5) is 8.79. The normalized spacial score (nSPS) is 12.8. The third-order valence-electron chi connectivity index (χ3n) is 5.10. The van der Waals surface area contributed by atoms with Crippen LogP contribution in [0.25, 0.3) is 33.2 Å². The van der Waals surface area contributed by atoms with E-state index < -0.39 is 9.84 Å². The van der Waals surface area contributed by atoms with Gasteiger partial charge in [-0.15, -0.1) is 0 Å². The minimum absolute atomic E-state index is 0.101. The number of aromatic nitrogens is 2. The molecule has 30 heavy (non-hydrogen) atoms. The Hall–Kier alpha value is -2.76. The van der Waals surface area contributed by atoms with Crippen molar-refractivity contribution in [3.8, 4) is 22.3 Å². The topological polar surface area (TPSA) is 59.9 Å². The number of benzene rings is 2. The molecule has 0 aliphatic carbocycles. The summed E-state index contributed by atoms with van der Waals surface area (Å²) in [6, 6.07) is 17.8. The SMILES string of the molecule is CC(CS(C)(=O)=O)c1cc(-c2cccc(-c3cnccc3Cl)c2)c2ncccc2c1. The predicted octanol–water partition coefficient (Wildman–Crippen LogP) is 5.77. The molecule has 0 N–H and O–H groups in total. The Kier molecular flexibility index (Phi) is 5.58. The molecule has 4 rings (SSSR count). The molecule has 2 aromatic heterocycles. The van der Waals surface area contributed by atoms with Crippen LogP contribution in [0, 0.1) is 0 Å². The maximum Gasteiger partial charge on any atom is 0.148 e. The quantitative estimate of drug-likeness (QED) is 0.398. The maximum atomic E-state index is 11.8. The van der Waals surface area contributed by atoms with Crippen molar-refractivity contribution in [2.45, 2.75) is 12.8 Å². The summed E-state index contributed by atoms with van der Waals surface area (Å²) in [5.41, 5.74) is 5.63. The molecule has 1 unspecified atom stereocenters. The van der Waals surface area contributed by atoms with E-state index in [1.165, 1.54) is 6.26 Å². The van der Waals surface area contributed by atoms with E-state index in [-0.39, 0.29) is 11.7 Å². The lowest BCUT2D eigenvalue weighted by molar-refractivity contribution is 0.596. The second-order valence-electron chi connectivity index (χ2n) is 7.57. The fourth-order valence-corrected chi connectivity index (χ4v) is 5.03. The van der Waals surface area contributed by atoms with Crippen LogP contribution in [0.15, 0.2) is 73.2 Å². The molecule has 0 amide bonds. The highest BCUT2D eigenvalue weighted by molar-refractivity contribution is 7.90. The number of halogens is 1. The molecule has 4 aromatic rings. The van der Waals surface area contributed by atoms with Gasteiger partial charge in [0.25, 0.3) is 0 Å². The third kappa shape index (κ3) is 4.37. The van der Waals surface area contributed by atoms with Crippen molar-refractivity contribution in [3.63, 3.8) is 0 Å². The second-order valence-corrected chi connectivity index (χ2v) is 10.2. The Balaban J connectivity index is 1.88. The fourth-order valence-electron chi connectivity index (χ4n) is 3.71. The standard InChI is InChI=1S/C24H21ClN2O2S/c1-16(15-30(2,28)29)20-12-19-7-4-9-27-24(19)21(13-20)17-5-3-6-18(11-17)22-14-26-10-8-23(22)25/h3-14,16H,15H2,1-2H3. The minimum atomic E-state index is -3.09. The fraction of sp³-hybridized carbons (Fsp3) is 0.167. The Morgan fingerprint density at radius 3 is 2.47 bits per heavy atom. The number of sulfone groups is 1. The van der Waals surface area contributed by atoms with E-state index in [2.05, 4.69) is 22.1 Å². The van der Waals surface area contributed by atoms with Crippen LogP contribution in [-0.4, -0.2) is 30.4 Å². The van der Waals surface area contributed by atoms with E-state index >= 15 is 0 Å². The zero-order valence-corrected chi connectivity index (χ0v) is 18.3. The first kappa shape index (κ1) is 20.5. The molecule has 0 fully saturated rings. The smallest absolute Gasteiger partial charge is 0.148 e. The molecule has 0 bridgehead atoms. The number of fused-ring (bicyclic) bond motifs is 1. The van der Waals surface area contributed by atoms with E-state index in [4.69, 9.17) is 11.6 Å².